The third kappa shape index (κ3) is 3.33. The summed E-state index contributed by atoms with van der Waals surface area (Å²) < 4.78 is -0.130. The average molecular weight is 356 g/mol. The maximum Gasteiger partial charge on any atom is 0.322 e. The summed E-state index contributed by atoms with van der Waals surface area (Å²) >= 11 is 0.810. The fourth-order valence-electron chi connectivity index (χ4n) is 2.34. The molecule has 0 saturated heterocycles. The second-order valence-electron chi connectivity index (χ2n) is 5.14. The van der Waals surface area contributed by atoms with Gasteiger partial charge in [-0.05, 0) is 23.8 Å². The van der Waals surface area contributed by atoms with E-state index in [4.69, 9.17) is 5.11 Å². The van der Waals surface area contributed by atoms with E-state index in [0.717, 1.165) is 22.5 Å². The normalized spacial score (nSPS) is 10.6. The molecule has 0 aliphatic rings. The van der Waals surface area contributed by atoms with Crippen LogP contribution < -0.4 is 10.1 Å². The SMILES string of the molecule is O=C(O)CNC(=O)c1c(O)c2ccc(-c3cccnc3)cc2sc1=O. The Balaban J connectivity index is 2.07. The van der Waals surface area contributed by atoms with Gasteiger partial charge in [0.2, 0.25) is 4.74 Å². The topological polar surface area (TPSA) is 117 Å². The van der Waals surface area contributed by atoms with Crippen LogP contribution in [0.1, 0.15) is 10.4 Å². The van der Waals surface area contributed by atoms with Gasteiger partial charge in [-0.3, -0.25) is 19.4 Å². The van der Waals surface area contributed by atoms with E-state index >= 15 is 0 Å². The molecule has 0 spiro atoms. The molecular formula is C17H12N2O5S. The summed E-state index contributed by atoms with van der Waals surface area (Å²) in [6.45, 7) is -0.639. The highest BCUT2D eigenvalue weighted by Crippen LogP contribution is 2.32. The predicted octanol–water partition coefficient (Wildman–Crippen LogP) is 1.84. The molecule has 0 fully saturated rings. The number of aromatic hydroxyl groups is 1. The van der Waals surface area contributed by atoms with Crippen molar-refractivity contribution in [3.05, 3.63) is 57.8 Å². The molecule has 7 nitrogen and oxygen atoms in total. The second kappa shape index (κ2) is 6.70. The van der Waals surface area contributed by atoms with E-state index in [9.17, 15) is 19.5 Å². The van der Waals surface area contributed by atoms with E-state index in [2.05, 4.69) is 10.3 Å². The van der Waals surface area contributed by atoms with Crippen LogP contribution in [0.2, 0.25) is 0 Å². The molecule has 0 bridgehead atoms. The fraction of sp³-hybridized carbons (Fsp3) is 0.0588. The van der Waals surface area contributed by atoms with Crippen LogP contribution in [-0.2, 0) is 4.79 Å². The molecule has 0 aliphatic carbocycles. The largest absolute Gasteiger partial charge is 0.506 e. The zero-order chi connectivity index (χ0) is 18.0. The van der Waals surface area contributed by atoms with E-state index < -0.39 is 34.5 Å². The molecule has 0 radical (unpaired) electrons. The molecule has 3 aromatic rings. The number of hydrogen-bond acceptors (Lipinski definition) is 6. The molecule has 126 valence electrons. The number of carboxylic acid groups (broad SMARTS) is 1. The van der Waals surface area contributed by atoms with Crippen LogP contribution in [0.3, 0.4) is 0 Å². The number of fused-ring (bicyclic) bond motifs is 1. The van der Waals surface area contributed by atoms with Crippen molar-refractivity contribution in [2.75, 3.05) is 6.54 Å². The maximum atomic E-state index is 12.2. The number of carbonyl (C=O) groups excluding carboxylic acids is 1. The number of amides is 1. The first kappa shape index (κ1) is 16.6. The van der Waals surface area contributed by atoms with Crippen LogP contribution in [0.25, 0.3) is 21.2 Å². The first-order chi connectivity index (χ1) is 12.0. The molecule has 0 unspecified atom stereocenters. The Morgan fingerprint density at radius 2 is 2.00 bits per heavy atom. The van der Waals surface area contributed by atoms with Gasteiger partial charge in [-0.2, -0.15) is 0 Å². The number of carboxylic acids is 1. The molecule has 0 aliphatic heterocycles. The van der Waals surface area contributed by atoms with Crippen molar-refractivity contribution in [2.24, 2.45) is 0 Å². The highest BCUT2D eigenvalue weighted by atomic mass is 32.1. The van der Waals surface area contributed by atoms with Crippen LogP contribution in [0.15, 0.2) is 47.5 Å². The van der Waals surface area contributed by atoms with E-state index in [0.29, 0.717) is 10.1 Å². The smallest absolute Gasteiger partial charge is 0.322 e. The lowest BCUT2D eigenvalue weighted by Gasteiger charge is -2.08. The number of nitrogens with one attached hydrogen (secondary N) is 1. The minimum absolute atomic E-state index is 0.345. The minimum Gasteiger partial charge on any atom is -0.506 e. The second-order valence-corrected chi connectivity index (χ2v) is 6.16. The van der Waals surface area contributed by atoms with Crippen molar-refractivity contribution in [2.45, 2.75) is 0 Å². The minimum atomic E-state index is -1.24. The van der Waals surface area contributed by atoms with Gasteiger partial charge in [-0.1, -0.05) is 23.5 Å². The van der Waals surface area contributed by atoms with Crippen molar-refractivity contribution in [1.29, 1.82) is 0 Å². The van der Waals surface area contributed by atoms with E-state index in [1.807, 2.05) is 6.07 Å². The number of aliphatic carboxylic acids is 1. The van der Waals surface area contributed by atoms with Crippen molar-refractivity contribution < 1.29 is 19.8 Å². The summed E-state index contributed by atoms with van der Waals surface area (Å²) in [6, 6.07) is 8.74. The van der Waals surface area contributed by atoms with Crippen LogP contribution in [-0.4, -0.2) is 33.6 Å². The van der Waals surface area contributed by atoms with Crippen molar-refractivity contribution >= 4 is 33.3 Å². The lowest BCUT2D eigenvalue weighted by Crippen LogP contribution is -2.32. The number of rotatable bonds is 4. The molecule has 2 aromatic heterocycles. The maximum absolute atomic E-state index is 12.2. The number of carbonyl (C=O) groups is 2. The van der Waals surface area contributed by atoms with Crippen LogP contribution in [0.4, 0.5) is 0 Å². The summed E-state index contributed by atoms with van der Waals surface area (Å²) in [4.78, 5) is 38.8. The molecular weight excluding hydrogens is 344 g/mol. The van der Waals surface area contributed by atoms with Crippen LogP contribution in [0.5, 0.6) is 5.75 Å². The zero-order valence-corrected chi connectivity index (χ0v) is 13.5. The van der Waals surface area contributed by atoms with Gasteiger partial charge in [-0.15, -0.1) is 0 Å². The number of hydrogen-bond donors (Lipinski definition) is 3. The molecule has 0 saturated carbocycles. The van der Waals surface area contributed by atoms with Gasteiger partial charge in [0, 0.05) is 28.0 Å². The van der Waals surface area contributed by atoms with E-state index in [-0.39, 0.29) is 0 Å². The van der Waals surface area contributed by atoms with E-state index in [1.165, 1.54) is 0 Å². The molecule has 8 heteroatoms. The molecule has 2 heterocycles. The number of pyridine rings is 1. The Morgan fingerprint density at radius 1 is 1.20 bits per heavy atom. The Morgan fingerprint density at radius 3 is 2.68 bits per heavy atom. The summed E-state index contributed by atoms with van der Waals surface area (Å²) in [5.74, 6) is -2.62. The Labute approximate surface area is 145 Å². The van der Waals surface area contributed by atoms with Gasteiger partial charge in [0.25, 0.3) is 5.91 Å². The number of nitrogens with zero attached hydrogens (tertiary/aromatic N) is 1. The first-order valence-corrected chi connectivity index (χ1v) is 7.99. The van der Waals surface area contributed by atoms with Crippen molar-refractivity contribution in [3.8, 4) is 16.9 Å². The van der Waals surface area contributed by atoms with Crippen molar-refractivity contribution in [1.82, 2.24) is 10.3 Å². The quantitative estimate of drug-likeness (QED) is 0.657. The standard InChI is InChI=1S/C17H12N2O5S/c20-13(21)8-19-16(23)14-15(22)11-4-3-9(6-12(11)25-17(14)24)10-2-1-5-18-7-10/h1-7,22H,8H2,(H,19,23)(H,20,21). The Hall–Kier alpha value is -3.26. The predicted molar refractivity (Wildman–Crippen MR) is 93.0 cm³/mol. The molecule has 0 atom stereocenters. The Kier molecular flexibility index (Phi) is 4.44. The van der Waals surface area contributed by atoms with Crippen molar-refractivity contribution in [3.63, 3.8) is 0 Å². The number of benzene rings is 1. The van der Waals surface area contributed by atoms with Gasteiger partial charge < -0.3 is 15.5 Å². The van der Waals surface area contributed by atoms with Crippen LogP contribution in [0, 0.1) is 0 Å². The molecule has 3 rings (SSSR count). The van der Waals surface area contributed by atoms with Gasteiger partial charge in [0.05, 0.1) is 0 Å². The fourth-order valence-corrected chi connectivity index (χ4v) is 3.29. The Bertz CT molecular complexity index is 1030. The van der Waals surface area contributed by atoms with E-state index in [1.54, 1.807) is 36.7 Å². The first-order valence-electron chi connectivity index (χ1n) is 7.17. The average Bonchev–Trinajstić information content (AvgIpc) is 2.60. The summed E-state index contributed by atoms with van der Waals surface area (Å²) in [5, 5.41) is 21.3. The summed E-state index contributed by atoms with van der Waals surface area (Å²) in [6.07, 6.45) is 3.33. The zero-order valence-electron chi connectivity index (χ0n) is 12.7. The molecule has 25 heavy (non-hydrogen) atoms. The van der Waals surface area contributed by atoms with Gasteiger partial charge in [-0.25, -0.2) is 0 Å². The molecule has 1 aromatic carbocycles. The van der Waals surface area contributed by atoms with Crippen LogP contribution >= 0.6 is 11.3 Å². The molecule has 1 amide bonds. The third-order valence-electron chi connectivity index (χ3n) is 3.50. The molecule has 3 N–H and O–H groups in total. The van der Waals surface area contributed by atoms with Gasteiger partial charge >= 0.3 is 5.97 Å². The third-order valence-corrected chi connectivity index (χ3v) is 4.45. The monoisotopic (exact) mass is 356 g/mol. The lowest BCUT2D eigenvalue weighted by molar-refractivity contribution is -0.135. The van der Waals surface area contributed by atoms with Gasteiger partial charge in [0.1, 0.15) is 17.9 Å². The highest BCUT2D eigenvalue weighted by molar-refractivity contribution is 7.16. The summed E-state index contributed by atoms with van der Waals surface area (Å²) in [5.41, 5.74) is 1.22. The highest BCUT2D eigenvalue weighted by Gasteiger charge is 2.20. The number of aromatic nitrogens is 1. The summed E-state index contributed by atoms with van der Waals surface area (Å²) in [7, 11) is 0. The lowest BCUT2D eigenvalue weighted by atomic mass is 10.1. The van der Waals surface area contributed by atoms with Gasteiger partial charge in [0.15, 0.2) is 0 Å².